The lowest BCUT2D eigenvalue weighted by Gasteiger charge is -2.09. The van der Waals surface area contributed by atoms with Gasteiger partial charge < -0.3 is 5.32 Å². The fourth-order valence-electron chi connectivity index (χ4n) is 2.46. The van der Waals surface area contributed by atoms with Crippen LogP contribution in [0.5, 0.6) is 0 Å². The van der Waals surface area contributed by atoms with Crippen LogP contribution in [0.15, 0.2) is 65.5 Å². The molecule has 0 saturated carbocycles. The van der Waals surface area contributed by atoms with Gasteiger partial charge in [-0.15, -0.1) is 0 Å². The number of hydrogen-bond donors (Lipinski definition) is 2. The Balaban J connectivity index is 1.69. The van der Waals surface area contributed by atoms with Gasteiger partial charge in [0.1, 0.15) is 0 Å². The zero-order chi connectivity index (χ0) is 17.2. The number of para-hydroxylation sites is 2. The van der Waals surface area contributed by atoms with Gasteiger partial charge in [0.25, 0.3) is 5.56 Å². The van der Waals surface area contributed by atoms with Crippen LogP contribution in [0.1, 0.15) is 0 Å². The van der Waals surface area contributed by atoms with Crippen LogP contribution in [0.3, 0.4) is 0 Å². The smallest absolute Gasteiger partial charge is 0.264 e. The number of rotatable bonds is 3. The van der Waals surface area contributed by atoms with E-state index in [0.29, 0.717) is 16.7 Å². The Labute approximate surface area is 147 Å². The van der Waals surface area contributed by atoms with E-state index in [9.17, 15) is 4.79 Å². The molecule has 2 N–H and O–H groups in total. The highest BCUT2D eigenvalue weighted by Gasteiger charge is 2.08. The van der Waals surface area contributed by atoms with E-state index in [-0.39, 0.29) is 5.56 Å². The molecule has 2 aromatic heterocycles. The van der Waals surface area contributed by atoms with E-state index in [1.165, 1.54) is 6.07 Å². The number of aromatic amines is 1. The van der Waals surface area contributed by atoms with Crippen LogP contribution < -0.4 is 10.9 Å². The first kappa shape index (κ1) is 15.3. The second kappa shape index (κ2) is 6.33. The lowest BCUT2D eigenvalue weighted by atomic mass is 10.1. The van der Waals surface area contributed by atoms with Crippen molar-refractivity contribution in [1.29, 1.82) is 0 Å². The van der Waals surface area contributed by atoms with Crippen LogP contribution in [-0.4, -0.2) is 20.2 Å². The fraction of sp³-hybridized carbons (Fsp3) is 0. The molecule has 2 aromatic carbocycles. The number of halogens is 1. The van der Waals surface area contributed by atoms with E-state index in [2.05, 4.69) is 25.5 Å². The second-order valence-electron chi connectivity index (χ2n) is 5.36. The van der Waals surface area contributed by atoms with Gasteiger partial charge >= 0.3 is 0 Å². The van der Waals surface area contributed by atoms with Gasteiger partial charge in [0, 0.05) is 17.3 Å². The van der Waals surface area contributed by atoms with Gasteiger partial charge in [-0.1, -0.05) is 35.9 Å². The first-order chi connectivity index (χ1) is 12.2. The molecule has 0 radical (unpaired) electrons. The van der Waals surface area contributed by atoms with Crippen molar-refractivity contribution in [2.75, 3.05) is 5.32 Å². The van der Waals surface area contributed by atoms with Crippen LogP contribution in [0.2, 0.25) is 5.15 Å². The van der Waals surface area contributed by atoms with Gasteiger partial charge in [0.15, 0.2) is 11.0 Å². The Morgan fingerprint density at radius 1 is 0.920 bits per heavy atom. The van der Waals surface area contributed by atoms with Crippen molar-refractivity contribution in [2.45, 2.75) is 0 Å². The molecule has 4 rings (SSSR count). The van der Waals surface area contributed by atoms with Gasteiger partial charge in [-0.2, -0.15) is 5.10 Å². The SMILES string of the molecule is O=c1ccc(-c2cccc(Nc3nc4ccccc4nc3Cl)c2)n[nH]1. The lowest BCUT2D eigenvalue weighted by Crippen LogP contribution is -2.05. The number of nitrogens with one attached hydrogen (secondary N) is 2. The van der Waals surface area contributed by atoms with Crippen molar-refractivity contribution in [3.8, 4) is 11.3 Å². The molecule has 0 atom stereocenters. The third-order valence-electron chi connectivity index (χ3n) is 3.63. The summed E-state index contributed by atoms with van der Waals surface area (Å²) in [6, 6.07) is 18.2. The molecule has 7 heteroatoms. The largest absolute Gasteiger partial charge is 0.338 e. The summed E-state index contributed by atoms with van der Waals surface area (Å²) in [7, 11) is 0. The third-order valence-corrected chi connectivity index (χ3v) is 3.89. The predicted octanol–water partition coefficient (Wildman–Crippen LogP) is 3.78. The molecule has 25 heavy (non-hydrogen) atoms. The molecular weight excluding hydrogens is 338 g/mol. The van der Waals surface area contributed by atoms with E-state index in [0.717, 1.165) is 22.3 Å². The fourth-order valence-corrected chi connectivity index (χ4v) is 2.64. The van der Waals surface area contributed by atoms with E-state index in [1.54, 1.807) is 6.07 Å². The van der Waals surface area contributed by atoms with Crippen LogP contribution in [-0.2, 0) is 0 Å². The summed E-state index contributed by atoms with van der Waals surface area (Å²) in [4.78, 5) is 20.0. The second-order valence-corrected chi connectivity index (χ2v) is 5.72. The molecule has 0 aliphatic rings. The monoisotopic (exact) mass is 349 g/mol. The molecule has 0 aliphatic heterocycles. The number of aromatic nitrogens is 4. The van der Waals surface area contributed by atoms with Gasteiger partial charge in [-0.3, -0.25) is 4.79 Å². The molecule has 2 heterocycles. The molecular formula is C18H12ClN5O. The number of nitrogens with zero attached hydrogens (tertiary/aromatic N) is 3. The average Bonchev–Trinajstić information content (AvgIpc) is 2.63. The maximum atomic E-state index is 11.1. The quantitative estimate of drug-likeness (QED) is 0.588. The van der Waals surface area contributed by atoms with Crippen LogP contribution >= 0.6 is 11.6 Å². The standard InChI is InChI=1S/C18H12ClN5O/c19-17-18(22-15-7-2-1-6-14(15)21-17)20-12-5-3-4-11(10-12)13-8-9-16(25)24-23-13/h1-10H,(H,20,22)(H,24,25). The average molecular weight is 350 g/mol. The Morgan fingerprint density at radius 3 is 2.48 bits per heavy atom. The highest BCUT2D eigenvalue weighted by Crippen LogP contribution is 2.26. The number of anilines is 2. The normalized spacial score (nSPS) is 10.8. The van der Waals surface area contributed by atoms with Crippen LogP contribution in [0.25, 0.3) is 22.3 Å². The number of fused-ring (bicyclic) bond motifs is 1. The third kappa shape index (κ3) is 3.20. The summed E-state index contributed by atoms with van der Waals surface area (Å²) in [5.41, 5.74) is 3.57. The van der Waals surface area contributed by atoms with Crippen molar-refractivity contribution in [3.05, 3.63) is 76.2 Å². The molecule has 0 amide bonds. The minimum Gasteiger partial charge on any atom is -0.338 e. The summed E-state index contributed by atoms with van der Waals surface area (Å²) >= 11 is 6.24. The van der Waals surface area contributed by atoms with E-state index in [4.69, 9.17) is 11.6 Å². The molecule has 0 saturated heterocycles. The zero-order valence-corrected chi connectivity index (χ0v) is 13.7. The highest BCUT2D eigenvalue weighted by molar-refractivity contribution is 6.32. The molecule has 0 fully saturated rings. The Kier molecular flexibility index (Phi) is 3.87. The summed E-state index contributed by atoms with van der Waals surface area (Å²) in [6.45, 7) is 0. The highest BCUT2D eigenvalue weighted by atomic mass is 35.5. The molecule has 4 aromatic rings. The topological polar surface area (TPSA) is 83.6 Å². The van der Waals surface area contributed by atoms with Gasteiger partial charge in [0.05, 0.1) is 16.7 Å². The van der Waals surface area contributed by atoms with E-state index < -0.39 is 0 Å². The van der Waals surface area contributed by atoms with Gasteiger partial charge in [0.2, 0.25) is 0 Å². The summed E-state index contributed by atoms with van der Waals surface area (Å²) in [5, 5.41) is 9.94. The van der Waals surface area contributed by atoms with Crippen molar-refractivity contribution in [2.24, 2.45) is 0 Å². The summed E-state index contributed by atoms with van der Waals surface area (Å²) < 4.78 is 0. The summed E-state index contributed by atoms with van der Waals surface area (Å²) in [5.74, 6) is 0.479. The molecule has 122 valence electrons. The maximum Gasteiger partial charge on any atom is 0.264 e. The minimum atomic E-state index is -0.240. The van der Waals surface area contributed by atoms with Gasteiger partial charge in [-0.05, 0) is 30.3 Å². The van der Waals surface area contributed by atoms with E-state index in [1.807, 2.05) is 48.5 Å². The van der Waals surface area contributed by atoms with E-state index >= 15 is 0 Å². The minimum absolute atomic E-state index is 0.240. The first-order valence-corrected chi connectivity index (χ1v) is 7.92. The van der Waals surface area contributed by atoms with Crippen molar-refractivity contribution in [1.82, 2.24) is 20.2 Å². The predicted molar refractivity (Wildman–Crippen MR) is 98.1 cm³/mol. The van der Waals surface area contributed by atoms with Crippen molar-refractivity contribution >= 4 is 34.1 Å². The Bertz CT molecular complexity index is 1110. The Morgan fingerprint density at radius 2 is 1.72 bits per heavy atom. The molecule has 0 aliphatic carbocycles. The maximum absolute atomic E-state index is 11.1. The summed E-state index contributed by atoms with van der Waals surface area (Å²) in [6.07, 6.45) is 0. The Hall–Kier alpha value is -3.25. The molecule has 0 unspecified atom stereocenters. The van der Waals surface area contributed by atoms with Crippen LogP contribution in [0.4, 0.5) is 11.5 Å². The first-order valence-electron chi connectivity index (χ1n) is 7.54. The molecule has 6 nitrogen and oxygen atoms in total. The molecule has 0 spiro atoms. The van der Waals surface area contributed by atoms with Crippen molar-refractivity contribution < 1.29 is 0 Å². The number of benzene rings is 2. The van der Waals surface area contributed by atoms with Gasteiger partial charge in [-0.25, -0.2) is 15.1 Å². The number of hydrogen-bond acceptors (Lipinski definition) is 5. The van der Waals surface area contributed by atoms with Crippen LogP contribution in [0, 0.1) is 0 Å². The zero-order valence-electron chi connectivity index (χ0n) is 12.9. The lowest BCUT2D eigenvalue weighted by molar-refractivity contribution is 0.995. The number of H-pyrrole nitrogens is 1. The molecule has 0 bridgehead atoms. The van der Waals surface area contributed by atoms with Crippen molar-refractivity contribution in [3.63, 3.8) is 0 Å².